The molecule has 2 aromatic rings. The lowest BCUT2D eigenvalue weighted by Gasteiger charge is -2.42. The molecule has 4 rings (SSSR count). The Hall–Kier alpha value is -2.74. The zero-order valence-electron chi connectivity index (χ0n) is 18.7. The number of piperidine rings is 1. The molecule has 2 fully saturated rings. The normalized spacial score (nSPS) is 22.8. The minimum absolute atomic E-state index is 0.0345. The van der Waals surface area contributed by atoms with E-state index in [1.165, 1.54) is 0 Å². The molecule has 1 amide bonds. The first-order chi connectivity index (χ1) is 15.3. The van der Waals surface area contributed by atoms with Gasteiger partial charge >= 0.3 is 5.97 Å². The Kier molecular flexibility index (Phi) is 6.33. The van der Waals surface area contributed by atoms with Crippen LogP contribution in [0, 0.1) is 5.41 Å². The van der Waals surface area contributed by atoms with Crippen LogP contribution in [-0.2, 0) is 9.59 Å². The number of carbonyl (C=O) groups is 2. The topological polar surface area (TPSA) is 107 Å². The summed E-state index contributed by atoms with van der Waals surface area (Å²) in [5.41, 5.74) is 1.07. The number of β-amino-alcohol motifs (C(OH)–C–C–N with tert-alkyl or cyclic N) is 1. The first-order valence-electron chi connectivity index (χ1n) is 11.4. The molecule has 0 spiro atoms. The molecular formula is C24H32N4O4. The zero-order chi connectivity index (χ0) is 22.8. The number of rotatable bonds is 7. The van der Waals surface area contributed by atoms with E-state index in [1.54, 1.807) is 24.3 Å². The molecule has 1 saturated heterocycles. The number of nitrogens with zero attached hydrogens (tertiary/aromatic N) is 4. The van der Waals surface area contributed by atoms with Gasteiger partial charge in [-0.2, -0.15) is 0 Å². The van der Waals surface area contributed by atoms with Crippen molar-refractivity contribution < 1.29 is 19.8 Å². The number of fused-ring (bicyclic) bond motifs is 1. The van der Waals surface area contributed by atoms with Gasteiger partial charge in [0.05, 0.1) is 29.8 Å². The molecule has 2 aliphatic rings. The van der Waals surface area contributed by atoms with E-state index in [0.717, 1.165) is 55.4 Å². The zero-order valence-corrected chi connectivity index (χ0v) is 18.7. The first kappa shape index (κ1) is 22.5. The van der Waals surface area contributed by atoms with E-state index in [0.29, 0.717) is 13.0 Å². The lowest BCUT2D eigenvalue weighted by atomic mass is 9.79. The van der Waals surface area contributed by atoms with E-state index in [9.17, 15) is 19.8 Å². The standard InChI is InChI=1S/C24H32N4O4/c1-27(20(29)14-23(15-21(30)31)8-2-3-9-23)16-24(32)10-5-13-28(17-24)19-7-12-25-18-6-4-11-26-22(18)19/h4,6-7,11-12,32H,2-3,5,8-10,13-17H2,1H3,(H,30,31)/t24-/m1/s1. The Morgan fingerprint density at radius 1 is 1.09 bits per heavy atom. The van der Waals surface area contributed by atoms with E-state index in [4.69, 9.17) is 0 Å². The summed E-state index contributed by atoms with van der Waals surface area (Å²) in [6, 6.07) is 5.70. The largest absolute Gasteiger partial charge is 0.481 e. The van der Waals surface area contributed by atoms with Gasteiger partial charge in [0.15, 0.2) is 0 Å². The summed E-state index contributed by atoms with van der Waals surface area (Å²) in [5, 5.41) is 20.7. The Morgan fingerprint density at radius 3 is 2.62 bits per heavy atom. The van der Waals surface area contributed by atoms with Gasteiger partial charge in [-0.1, -0.05) is 12.8 Å². The van der Waals surface area contributed by atoms with Gasteiger partial charge in [0.1, 0.15) is 5.52 Å². The Labute approximate surface area is 188 Å². The Bertz CT molecular complexity index is 986. The molecule has 1 saturated carbocycles. The molecule has 1 aliphatic heterocycles. The molecule has 8 nitrogen and oxygen atoms in total. The lowest BCUT2D eigenvalue weighted by Crippen LogP contribution is -2.55. The van der Waals surface area contributed by atoms with E-state index >= 15 is 0 Å². The second kappa shape index (κ2) is 9.02. The van der Waals surface area contributed by atoms with Crippen molar-refractivity contribution in [2.75, 3.05) is 31.6 Å². The summed E-state index contributed by atoms with van der Waals surface area (Å²) in [6.07, 6.45) is 8.67. The van der Waals surface area contributed by atoms with Crippen LogP contribution in [0.3, 0.4) is 0 Å². The average Bonchev–Trinajstić information content (AvgIpc) is 3.20. The molecule has 0 radical (unpaired) electrons. The van der Waals surface area contributed by atoms with Crippen LogP contribution in [0.15, 0.2) is 30.6 Å². The summed E-state index contributed by atoms with van der Waals surface area (Å²) in [7, 11) is 1.71. The van der Waals surface area contributed by atoms with Crippen molar-refractivity contribution in [2.45, 2.75) is 57.0 Å². The molecule has 8 heteroatoms. The van der Waals surface area contributed by atoms with E-state index in [2.05, 4.69) is 14.9 Å². The number of anilines is 1. The molecule has 172 valence electrons. The van der Waals surface area contributed by atoms with Crippen LogP contribution in [0.1, 0.15) is 51.4 Å². The van der Waals surface area contributed by atoms with E-state index in [-0.39, 0.29) is 25.3 Å². The maximum Gasteiger partial charge on any atom is 0.303 e. The first-order valence-corrected chi connectivity index (χ1v) is 11.4. The van der Waals surface area contributed by atoms with E-state index < -0.39 is 17.0 Å². The van der Waals surface area contributed by atoms with Gasteiger partial charge in [-0.3, -0.25) is 19.6 Å². The van der Waals surface area contributed by atoms with Crippen LogP contribution >= 0.6 is 0 Å². The second-order valence-electron chi connectivity index (χ2n) is 9.65. The van der Waals surface area contributed by atoms with Crippen molar-refractivity contribution in [3.8, 4) is 0 Å². The van der Waals surface area contributed by atoms with Crippen molar-refractivity contribution in [1.29, 1.82) is 0 Å². The molecule has 3 heterocycles. The van der Waals surface area contributed by atoms with Gasteiger partial charge < -0.3 is 20.0 Å². The van der Waals surface area contributed by atoms with Crippen molar-refractivity contribution in [2.24, 2.45) is 5.41 Å². The fourth-order valence-corrected chi connectivity index (χ4v) is 5.51. The van der Waals surface area contributed by atoms with Crippen molar-refractivity contribution in [3.05, 3.63) is 30.6 Å². The third kappa shape index (κ3) is 4.85. The molecule has 1 aliphatic carbocycles. The van der Waals surface area contributed by atoms with Gasteiger partial charge in [-0.05, 0) is 49.3 Å². The van der Waals surface area contributed by atoms with E-state index in [1.807, 2.05) is 18.2 Å². The molecule has 2 N–H and O–H groups in total. The number of aromatic nitrogens is 2. The molecule has 0 aromatic carbocycles. The monoisotopic (exact) mass is 440 g/mol. The number of amides is 1. The summed E-state index contributed by atoms with van der Waals surface area (Å²) >= 11 is 0. The Balaban J connectivity index is 1.45. The van der Waals surface area contributed by atoms with Crippen LogP contribution in [0.25, 0.3) is 11.0 Å². The second-order valence-corrected chi connectivity index (χ2v) is 9.65. The summed E-state index contributed by atoms with van der Waals surface area (Å²) in [6.45, 7) is 1.43. The van der Waals surface area contributed by atoms with Crippen molar-refractivity contribution in [1.82, 2.24) is 14.9 Å². The minimum atomic E-state index is -1.04. The molecule has 2 aromatic heterocycles. The SMILES string of the molecule is CN(C[C@]1(O)CCCN(c2ccnc3cccnc23)C1)C(=O)CC1(CC(=O)O)CCCC1. The summed E-state index contributed by atoms with van der Waals surface area (Å²) in [5.74, 6) is -0.934. The predicted octanol–water partition coefficient (Wildman–Crippen LogP) is 2.84. The smallest absolute Gasteiger partial charge is 0.303 e. The number of aliphatic carboxylic acids is 1. The predicted molar refractivity (Wildman–Crippen MR) is 121 cm³/mol. The number of likely N-dealkylation sites (N-methyl/N-ethyl adjacent to an activating group) is 1. The third-order valence-electron chi connectivity index (χ3n) is 7.04. The van der Waals surface area contributed by atoms with Gasteiger partial charge in [-0.25, -0.2) is 0 Å². The van der Waals surface area contributed by atoms with Crippen LogP contribution in [-0.4, -0.2) is 69.2 Å². The highest BCUT2D eigenvalue weighted by Crippen LogP contribution is 2.44. The number of carboxylic acids is 1. The molecule has 1 atom stereocenters. The molecular weight excluding hydrogens is 408 g/mol. The Morgan fingerprint density at radius 2 is 1.88 bits per heavy atom. The number of aliphatic hydroxyl groups is 1. The van der Waals surface area contributed by atoms with Crippen LogP contribution in [0.4, 0.5) is 5.69 Å². The summed E-state index contributed by atoms with van der Waals surface area (Å²) in [4.78, 5) is 37.0. The van der Waals surface area contributed by atoms with Gasteiger partial charge in [-0.15, -0.1) is 0 Å². The average molecular weight is 441 g/mol. The maximum atomic E-state index is 13.0. The van der Waals surface area contributed by atoms with Crippen molar-refractivity contribution in [3.63, 3.8) is 0 Å². The summed E-state index contributed by atoms with van der Waals surface area (Å²) < 4.78 is 0. The maximum absolute atomic E-state index is 13.0. The quantitative estimate of drug-likeness (QED) is 0.682. The van der Waals surface area contributed by atoms with Crippen LogP contribution in [0.2, 0.25) is 0 Å². The minimum Gasteiger partial charge on any atom is -0.481 e. The highest BCUT2D eigenvalue weighted by molar-refractivity contribution is 5.87. The van der Waals surface area contributed by atoms with Crippen LogP contribution in [0.5, 0.6) is 0 Å². The molecule has 0 unspecified atom stereocenters. The number of hydrogen-bond acceptors (Lipinski definition) is 6. The number of hydrogen-bond donors (Lipinski definition) is 2. The number of carbonyl (C=O) groups excluding carboxylic acids is 1. The highest BCUT2D eigenvalue weighted by atomic mass is 16.4. The van der Waals surface area contributed by atoms with Crippen LogP contribution < -0.4 is 4.90 Å². The fraction of sp³-hybridized carbons (Fsp3) is 0.583. The number of carboxylic acid groups (broad SMARTS) is 1. The van der Waals surface area contributed by atoms with Gasteiger partial charge in [0.2, 0.25) is 5.91 Å². The molecule has 32 heavy (non-hydrogen) atoms. The van der Waals surface area contributed by atoms with Crippen molar-refractivity contribution >= 4 is 28.6 Å². The van der Waals surface area contributed by atoms with Gasteiger partial charge in [0, 0.05) is 39.0 Å². The highest BCUT2D eigenvalue weighted by Gasteiger charge is 2.41. The lowest BCUT2D eigenvalue weighted by molar-refractivity contribution is -0.142. The van der Waals surface area contributed by atoms with Gasteiger partial charge in [0.25, 0.3) is 0 Å². The number of pyridine rings is 2. The fourth-order valence-electron chi connectivity index (χ4n) is 5.51. The third-order valence-corrected chi connectivity index (χ3v) is 7.04. The molecule has 0 bridgehead atoms.